The van der Waals surface area contributed by atoms with Crippen molar-refractivity contribution in [2.75, 3.05) is 5.32 Å². The highest BCUT2D eigenvalue weighted by atomic mass is 32.1. The molecule has 2 aromatic heterocycles. The van der Waals surface area contributed by atoms with E-state index in [-0.39, 0.29) is 17.4 Å². The number of aryl methyl sites for hydroxylation is 1. The maximum absolute atomic E-state index is 12.3. The highest BCUT2D eigenvalue weighted by Gasteiger charge is 2.21. The van der Waals surface area contributed by atoms with E-state index in [2.05, 4.69) is 15.3 Å². The first-order valence-corrected chi connectivity index (χ1v) is 8.88. The predicted molar refractivity (Wildman–Crippen MR) is 101 cm³/mol. The van der Waals surface area contributed by atoms with Gasteiger partial charge in [0.1, 0.15) is 33.2 Å². The van der Waals surface area contributed by atoms with Gasteiger partial charge in [0.25, 0.3) is 0 Å². The van der Waals surface area contributed by atoms with Gasteiger partial charge in [-0.25, -0.2) is 19.6 Å². The first-order chi connectivity index (χ1) is 12.8. The highest BCUT2D eigenvalue weighted by molar-refractivity contribution is 7.20. The molecule has 0 aliphatic rings. The van der Waals surface area contributed by atoms with Gasteiger partial charge in [-0.1, -0.05) is 0 Å². The first-order valence-electron chi connectivity index (χ1n) is 8.06. The summed E-state index contributed by atoms with van der Waals surface area (Å²) < 4.78 is 5.27. The Hall–Kier alpha value is -3.20. The molecular weight excluding hydrogens is 370 g/mol. The quantitative estimate of drug-likeness (QED) is 0.447. The van der Waals surface area contributed by atoms with E-state index < -0.39 is 11.9 Å². The third-order valence-corrected chi connectivity index (χ3v) is 4.92. The van der Waals surface area contributed by atoms with Crippen LogP contribution in [0.3, 0.4) is 0 Å². The van der Waals surface area contributed by atoms with Crippen LogP contribution in [-0.2, 0) is 4.74 Å². The summed E-state index contributed by atoms with van der Waals surface area (Å²) in [4.78, 5) is 33.0. The van der Waals surface area contributed by atoms with Crippen LogP contribution in [0.25, 0.3) is 10.2 Å². The lowest BCUT2D eigenvalue weighted by Gasteiger charge is -2.09. The van der Waals surface area contributed by atoms with Crippen LogP contribution in [0.2, 0.25) is 0 Å². The van der Waals surface area contributed by atoms with Crippen LogP contribution in [0.4, 0.5) is 11.5 Å². The average Bonchev–Trinajstić information content (AvgIpc) is 2.94. The summed E-state index contributed by atoms with van der Waals surface area (Å²) in [5.74, 6) is -1.56. The Bertz CT molecular complexity index is 1040. The maximum atomic E-state index is 12.3. The SMILES string of the molecule is Cc1c(C(=O)OC(C)C)sc2ncnc(Nc3ccc(O)c(C(=O)O)c3)c12. The number of carbonyl (C=O) groups excluding carboxylic acids is 1. The molecule has 1 aromatic carbocycles. The third kappa shape index (κ3) is 3.68. The molecule has 3 rings (SSSR count). The minimum Gasteiger partial charge on any atom is -0.507 e. The number of carboxylic acid groups (broad SMARTS) is 1. The molecule has 0 saturated carbocycles. The van der Waals surface area contributed by atoms with Gasteiger partial charge in [0, 0.05) is 5.69 Å². The molecule has 0 spiro atoms. The smallest absolute Gasteiger partial charge is 0.348 e. The Kier molecular flexibility index (Phi) is 4.95. The van der Waals surface area contributed by atoms with Crippen LogP contribution in [-0.4, -0.2) is 38.2 Å². The highest BCUT2D eigenvalue weighted by Crippen LogP contribution is 2.35. The predicted octanol–water partition coefficient (Wildman–Crippen LogP) is 3.71. The number of aromatic nitrogens is 2. The lowest BCUT2D eigenvalue weighted by atomic mass is 10.1. The van der Waals surface area contributed by atoms with E-state index in [1.807, 2.05) is 0 Å². The second-order valence-electron chi connectivity index (χ2n) is 6.07. The fourth-order valence-electron chi connectivity index (χ4n) is 2.55. The Morgan fingerprint density at radius 3 is 2.67 bits per heavy atom. The summed E-state index contributed by atoms with van der Waals surface area (Å²) in [7, 11) is 0. The number of carboxylic acids is 1. The first kappa shape index (κ1) is 18.6. The number of aromatic hydroxyl groups is 1. The molecule has 0 atom stereocenters. The Morgan fingerprint density at radius 1 is 1.26 bits per heavy atom. The number of esters is 1. The van der Waals surface area contributed by atoms with Gasteiger partial charge in [-0.05, 0) is 44.5 Å². The van der Waals surface area contributed by atoms with Crippen molar-refractivity contribution in [3.63, 3.8) is 0 Å². The topological polar surface area (TPSA) is 122 Å². The lowest BCUT2D eigenvalue weighted by molar-refractivity contribution is 0.0383. The number of hydrogen-bond donors (Lipinski definition) is 3. The maximum Gasteiger partial charge on any atom is 0.348 e. The van der Waals surface area contributed by atoms with Gasteiger partial charge < -0.3 is 20.3 Å². The number of thiophene rings is 1. The molecule has 27 heavy (non-hydrogen) atoms. The monoisotopic (exact) mass is 387 g/mol. The van der Waals surface area contributed by atoms with E-state index in [1.54, 1.807) is 20.8 Å². The van der Waals surface area contributed by atoms with E-state index in [1.165, 1.54) is 35.9 Å². The molecule has 0 bridgehead atoms. The Balaban J connectivity index is 2.03. The fraction of sp³-hybridized carbons (Fsp3) is 0.222. The van der Waals surface area contributed by atoms with Gasteiger partial charge in [0.05, 0.1) is 11.5 Å². The summed E-state index contributed by atoms with van der Waals surface area (Å²) in [6, 6.07) is 4.13. The van der Waals surface area contributed by atoms with Crippen LogP contribution < -0.4 is 5.32 Å². The number of anilines is 2. The van der Waals surface area contributed by atoms with Gasteiger partial charge in [0.15, 0.2) is 0 Å². The molecule has 0 saturated heterocycles. The summed E-state index contributed by atoms with van der Waals surface area (Å²) in [6.07, 6.45) is 1.12. The van der Waals surface area contributed by atoms with Gasteiger partial charge in [0.2, 0.25) is 0 Å². The number of fused-ring (bicyclic) bond motifs is 1. The van der Waals surface area contributed by atoms with Crippen LogP contribution in [0.1, 0.15) is 39.4 Å². The molecule has 3 aromatic rings. The second kappa shape index (κ2) is 7.20. The minimum absolute atomic E-state index is 0.228. The number of aromatic carboxylic acids is 1. The van der Waals surface area contributed by atoms with E-state index >= 15 is 0 Å². The van der Waals surface area contributed by atoms with E-state index in [9.17, 15) is 14.7 Å². The van der Waals surface area contributed by atoms with E-state index in [0.29, 0.717) is 32.2 Å². The summed E-state index contributed by atoms with van der Waals surface area (Å²) in [5, 5.41) is 22.5. The van der Waals surface area contributed by atoms with Crippen molar-refractivity contribution in [2.45, 2.75) is 26.9 Å². The zero-order valence-corrected chi connectivity index (χ0v) is 15.6. The molecule has 0 aliphatic carbocycles. The zero-order chi connectivity index (χ0) is 19.7. The minimum atomic E-state index is -1.24. The molecule has 8 nitrogen and oxygen atoms in total. The van der Waals surface area contributed by atoms with Crippen LogP contribution in [0.5, 0.6) is 5.75 Å². The normalized spacial score (nSPS) is 11.0. The van der Waals surface area contributed by atoms with Gasteiger partial charge in [-0.15, -0.1) is 11.3 Å². The van der Waals surface area contributed by atoms with E-state index in [4.69, 9.17) is 9.84 Å². The number of carbonyl (C=O) groups is 2. The van der Waals surface area contributed by atoms with Crippen molar-refractivity contribution in [3.8, 4) is 5.75 Å². The zero-order valence-electron chi connectivity index (χ0n) is 14.8. The molecule has 0 fully saturated rings. The van der Waals surface area contributed by atoms with Gasteiger partial charge in [-0.2, -0.15) is 0 Å². The van der Waals surface area contributed by atoms with E-state index in [0.717, 1.165) is 0 Å². The molecule has 9 heteroatoms. The molecule has 0 radical (unpaired) electrons. The number of rotatable bonds is 5. The summed E-state index contributed by atoms with van der Waals surface area (Å²) in [6.45, 7) is 5.33. The average molecular weight is 387 g/mol. The van der Waals surface area contributed by atoms with Crippen molar-refractivity contribution >= 4 is 45.0 Å². The van der Waals surface area contributed by atoms with Crippen molar-refractivity contribution in [2.24, 2.45) is 0 Å². The van der Waals surface area contributed by atoms with Crippen LogP contribution in [0, 0.1) is 6.92 Å². The molecule has 140 valence electrons. The number of nitrogens with one attached hydrogen (secondary N) is 1. The Labute approximate surface area is 158 Å². The number of ether oxygens (including phenoxy) is 1. The number of phenols is 1. The molecule has 0 unspecified atom stereocenters. The lowest BCUT2D eigenvalue weighted by Crippen LogP contribution is -2.11. The Morgan fingerprint density at radius 2 is 2.00 bits per heavy atom. The molecule has 0 amide bonds. The van der Waals surface area contributed by atoms with Gasteiger partial charge in [-0.3, -0.25) is 0 Å². The summed E-state index contributed by atoms with van der Waals surface area (Å²) >= 11 is 1.21. The standard InChI is InChI=1S/C18H17N3O5S/c1-8(2)26-18(25)14-9(3)13-15(19-7-20-16(13)27-14)21-10-4-5-12(22)11(6-10)17(23)24/h4-8,22H,1-3H3,(H,23,24)(H,19,20,21). The van der Waals surface area contributed by atoms with Crippen molar-refractivity contribution in [1.82, 2.24) is 9.97 Å². The second-order valence-corrected chi connectivity index (χ2v) is 7.07. The third-order valence-electron chi connectivity index (χ3n) is 3.74. The molecule has 0 aliphatic heterocycles. The number of hydrogen-bond acceptors (Lipinski definition) is 8. The van der Waals surface area contributed by atoms with Crippen molar-refractivity contribution in [3.05, 3.63) is 40.5 Å². The van der Waals surface area contributed by atoms with Gasteiger partial charge >= 0.3 is 11.9 Å². The number of nitrogens with zero attached hydrogens (tertiary/aromatic N) is 2. The molecule has 3 N–H and O–H groups in total. The molecular formula is C18H17N3O5S. The van der Waals surface area contributed by atoms with Crippen LogP contribution in [0.15, 0.2) is 24.5 Å². The van der Waals surface area contributed by atoms with Crippen molar-refractivity contribution in [1.29, 1.82) is 0 Å². The summed E-state index contributed by atoms with van der Waals surface area (Å²) in [5.41, 5.74) is 0.886. The number of benzene rings is 1. The van der Waals surface area contributed by atoms with Crippen LogP contribution >= 0.6 is 11.3 Å². The van der Waals surface area contributed by atoms with Crippen molar-refractivity contribution < 1.29 is 24.5 Å². The molecule has 2 heterocycles. The fourth-order valence-corrected chi connectivity index (χ4v) is 3.58. The largest absolute Gasteiger partial charge is 0.507 e.